The Hall–Kier alpha value is -3.97. The monoisotopic (exact) mass is 425 g/mol. The van der Waals surface area contributed by atoms with Crippen LogP contribution >= 0.6 is 0 Å². The molecule has 0 saturated heterocycles. The molecule has 2 aromatic carbocycles. The molecular formula is C25H20FN5O. The van der Waals surface area contributed by atoms with Crippen LogP contribution in [0.3, 0.4) is 0 Å². The molecular weight excluding hydrogens is 405 g/mol. The molecule has 4 heterocycles. The van der Waals surface area contributed by atoms with E-state index in [2.05, 4.69) is 37.6 Å². The summed E-state index contributed by atoms with van der Waals surface area (Å²) in [5.74, 6) is -0.575. The Morgan fingerprint density at radius 2 is 1.94 bits per heavy atom. The van der Waals surface area contributed by atoms with Gasteiger partial charge in [-0.05, 0) is 65.6 Å². The highest BCUT2D eigenvalue weighted by atomic mass is 19.1. The number of nitrogens with zero attached hydrogens (tertiary/aromatic N) is 2. The Balaban J connectivity index is 1.49. The molecule has 0 bridgehead atoms. The molecule has 6 nitrogen and oxygen atoms in total. The SMILES string of the molecule is Oc1cc(F)cc(-c2cccc3[nH]c(-c4n[nH]c5ncc(C6=CCNCC6)cc45)cc23)c1. The van der Waals surface area contributed by atoms with Crippen molar-refractivity contribution < 1.29 is 9.50 Å². The van der Waals surface area contributed by atoms with Gasteiger partial charge >= 0.3 is 0 Å². The molecule has 0 fully saturated rings. The van der Waals surface area contributed by atoms with Gasteiger partial charge < -0.3 is 15.4 Å². The van der Waals surface area contributed by atoms with E-state index >= 15 is 0 Å². The van der Waals surface area contributed by atoms with Crippen molar-refractivity contribution in [3.8, 4) is 28.3 Å². The van der Waals surface area contributed by atoms with Crippen LogP contribution < -0.4 is 5.32 Å². The smallest absolute Gasteiger partial charge is 0.155 e. The second-order valence-electron chi connectivity index (χ2n) is 8.02. The second-order valence-corrected chi connectivity index (χ2v) is 8.02. The van der Waals surface area contributed by atoms with Crippen molar-refractivity contribution in [3.63, 3.8) is 0 Å². The predicted octanol–water partition coefficient (Wildman–Crippen LogP) is 4.99. The quantitative estimate of drug-likeness (QED) is 0.328. The lowest BCUT2D eigenvalue weighted by molar-refractivity contribution is 0.469. The van der Waals surface area contributed by atoms with Crippen molar-refractivity contribution >= 4 is 27.5 Å². The third-order valence-electron chi connectivity index (χ3n) is 5.96. The van der Waals surface area contributed by atoms with E-state index in [1.54, 1.807) is 6.07 Å². The highest BCUT2D eigenvalue weighted by molar-refractivity contribution is 6.01. The van der Waals surface area contributed by atoms with E-state index < -0.39 is 5.82 Å². The standard InChI is InChI=1S/C25H20FN5O/c26-17-8-15(9-18(32)11-17)19-2-1-3-22-20(19)12-23(29-22)24-21-10-16(13-28-25(21)31-30-24)14-4-6-27-7-5-14/h1-4,8-13,27,29,32H,5-7H2,(H,28,30,31). The van der Waals surface area contributed by atoms with Crippen molar-refractivity contribution in [3.05, 3.63) is 72.2 Å². The first-order chi connectivity index (χ1) is 15.7. The molecule has 4 N–H and O–H groups in total. The zero-order valence-electron chi connectivity index (χ0n) is 17.1. The molecule has 0 atom stereocenters. The Morgan fingerprint density at radius 1 is 1.00 bits per heavy atom. The summed E-state index contributed by atoms with van der Waals surface area (Å²) < 4.78 is 13.9. The van der Waals surface area contributed by atoms with Crippen LogP contribution in [0, 0.1) is 5.82 Å². The molecule has 32 heavy (non-hydrogen) atoms. The first-order valence-corrected chi connectivity index (χ1v) is 10.5. The van der Waals surface area contributed by atoms with Gasteiger partial charge in [0, 0.05) is 35.1 Å². The summed E-state index contributed by atoms with van der Waals surface area (Å²) in [6.45, 7) is 1.83. The number of halogens is 1. The lowest BCUT2D eigenvalue weighted by Gasteiger charge is -2.13. The van der Waals surface area contributed by atoms with Crippen LogP contribution in [0.5, 0.6) is 5.75 Å². The maximum atomic E-state index is 13.9. The minimum atomic E-state index is -0.475. The van der Waals surface area contributed by atoms with Gasteiger partial charge in [-0.15, -0.1) is 0 Å². The molecule has 7 heteroatoms. The maximum absolute atomic E-state index is 13.9. The molecule has 0 amide bonds. The van der Waals surface area contributed by atoms with Gasteiger partial charge in [0.1, 0.15) is 17.3 Å². The van der Waals surface area contributed by atoms with Gasteiger partial charge in [-0.3, -0.25) is 5.10 Å². The van der Waals surface area contributed by atoms with E-state index in [1.165, 1.54) is 11.6 Å². The summed E-state index contributed by atoms with van der Waals surface area (Å²) in [7, 11) is 0. The van der Waals surface area contributed by atoms with Gasteiger partial charge in [0.05, 0.1) is 5.69 Å². The summed E-state index contributed by atoms with van der Waals surface area (Å²) in [5.41, 5.74) is 7.11. The molecule has 1 aliphatic heterocycles. The lowest BCUT2D eigenvalue weighted by Crippen LogP contribution is -2.20. The summed E-state index contributed by atoms with van der Waals surface area (Å²) in [4.78, 5) is 8.02. The number of phenols is 1. The summed E-state index contributed by atoms with van der Waals surface area (Å²) in [5, 5.41) is 22.6. The van der Waals surface area contributed by atoms with E-state index in [4.69, 9.17) is 0 Å². The second kappa shape index (κ2) is 7.32. The Bertz CT molecular complexity index is 1490. The Kier molecular flexibility index (Phi) is 4.29. The third-order valence-corrected chi connectivity index (χ3v) is 5.96. The fourth-order valence-corrected chi connectivity index (χ4v) is 4.43. The number of aromatic amines is 2. The minimum absolute atomic E-state index is 0.100. The van der Waals surface area contributed by atoms with Gasteiger partial charge in [0.25, 0.3) is 0 Å². The normalized spacial score (nSPS) is 14.2. The molecule has 0 unspecified atom stereocenters. The molecule has 6 rings (SSSR count). The molecule has 0 aliphatic carbocycles. The lowest BCUT2D eigenvalue weighted by atomic mass is 10.00. The van der Waals surface area contributed by atoms with Gasteiger partial charge in [-0.2, -0.15) is 5.10 Å². The number of H-pyrrole nitrogens is 2. The fourth-order valence-electron chi connectivity index (χ4n) is 4.43. The highest BCUT2D eigenvalue weighted by Crippen LogP contribution is 2.35. The van der Waals surface area contributed by atoms with Crippen LogP contribution in [0.15, 0.2) is 60.8 Å². The van der Waals surface area contributed by atoms with Gasteiger partial charge in [-0.1, -0.05) is 18.2 Å². The van der Waals surface area contributed by atoms with Crippen molar-refractivity contribution in [2.24, 2.45) is 0 Å². The van der Waals surface area contributed by atoms with Gasteiger partial charge in [0.15, 0.2) is 5.65 Å². The average Bonchev–Trinajstić information content (AvgIpc) is 3.42. The highest BCUT2D eigenvalue weighted by Gasteiger charge is 2.16. The number of pyridine rings is 1. The number of aromatic nitrogens is 4. The number of hydrogen-bond donors (Lipinski definition) is 4. The number of hydrogen-bond acceptors (Lipinski definition) is 4. The summed E-state index contributed by atoms with van der Waals surface area (Å²) in [6.07, 6.45) is 5.06. The van der Waals surface area contributed by atoms with Gasteiger partial charge in [0.2, 0.25) is 0 Å². The van der Waals surface area contributed by atoms with Crippen molar-refractivity contribution in [1.82, 2.24) is 25.5 Å². The first kappa shape index (κ1) is 18.8. The number of benzene rings is 2. The minimum Gasteiger partial charge on any atom is -0.508 e. The average molecular weight is 425 g/mol. The molecule has 0 saturated carbocycles. The van der Waals surface area contributed by atoms with E-state index in [-0.39, 0.29) is 5.75 Å². The van der Waals surface area contributed by atoms with Crippen LogP contribution in [-0.4, -0.2) is 38.4 Å². The Labute approximate surface area is 182 Å². The van der Waals surface area contributed by atoms with E-state index in [0.29, 0.717) is 5.56 Å². The first-order valence-electron chi connectivity index (χ1n) is 10.5. The molecule has 158 valence electrons. The molecule has 5 aromatic rings. The maximum Gasteiger partial charge on any atom is 0.155 e. The van der Waals surface area contributed by atoms with Crippen molar-refractivity contribution in [2.75, 3.05) is 13.1 Å². The molecule has 0 radical (unpaired) electrons. The topological polar surface area (TPSA) is 89.6 Å². The Morgan fingerprint density at radius 3 is 2.78 bits per heavy atom. The molecule has 3 aromatic heterocycles. The van der Waals surface area contributed by atoms with Crippen LogP contribution in [0.4, 0.5) is 4.39 Å². The van der Waals surface area contributed by atoms with E-state index in [0.717, 1.165) is 70.0 Å². The van der Waals surface area contributed by atoms with Crippen molar-refractivity contribution in [2.45, 2.75) is 6.42 Å². The van der Waals surface area contributed by atoms with Crippen LogP contribution in [-0.2, 0) is 0 Å². The zero-order chi connectivity index (χ0) is 21.7. The van der Waals surface area contributed by atoms with Crippen LogP contribution in [0.2, 0.25) is 0 Å². The van der Waals surface area contributed by atoms with E-state index in [1.807, 2.05) is 30.5 Å². The van der Waals surface area contributed by atoms with E-state index in [9.17, 15) is 9.50 Å². The predicted molar refractivity (Wildman–Crippen MR) is 124 cm³/mol. The van der Waals surface area contributed by atoms with Crippen LogP contribution in [0.1, 0.15) is 12.0 Å². The van der Waals surface area contributed by atoms with Crippen molar-refractivity contribution in [1.29, 1.82) is 0 Å². The number of rotatable bonds is 3. The molecule has 1 aliphatic rings. The number of aromatic hydroxyl groups is 1. The molecule has 0 spiro atoms. The zero-order valence-corrected chi connectivity index (χ0v) is 17.1. The fraction of sp³-hybridized carbons (Fsp3) is 0.120. The van der Waals surface area contributed by atoms with Gasteiger partial charge in [-0.25, -0.2) is 9.37 Å². The summed E-state index contributed by atoms with van der Waals surface area (Å²) in [6, 6.07) is 14.0. The number of nitrogens with one attached hydrogen (secondary N) is 3. The third kappa shape index (κ3) is 3.14. The van der Waals surface area contributed by atoms with Crippen LogP contribution in [0.25, 0.3) is 50.0 Å². The number of fused-ring (bicyclic) bond motifs is 2. The number of phenolic OH excluding ortho intramolecular Hbond substituents is 1. The summed E-state index contributed by atoms with van der Waals surface area (Å²) >= 11 is 0. The largest absolute Gasteiger partial charge is 0.508 e.